The number of piperazine rings is 1. The Morgan fingerprint density at radius 3 is 2.47 bits per heavy atom. The molecule has 4 rings (SSSR count). The van der Waals surface area contributed by atoms with Gasteiger partial charge in [-0.25, -0.2) is 0 Å². The first-order chi connectivity index (χ1) is 15.6. The van der Waals surface area contributed by atoms with E-state index in [9.17, 15) is 9.59 Å². The maximum Gasteiger partial charge on any atom is 0.291 e. The number of amides is 2. The largest absolute Gasteiger partial charge is 0.459 e. The third-order valence-electron chi connectivity index (χ3n) is 5.53. The Labute approximate surface area is 192 Å². The van der Waals surface area contributed by atoms with E-state index < -0.39 is 0 Å². The molecule has 168 valence electrons. The topological polar surface area (TPSA) is 77.8 Å². The fraction of sp³-hybridized carbons (Fsp3) is 0.333. The van der Waals surface area contributed by atoms with Crippen LogP contribution >= 0.6 is 11.3 Å². The van der Waals surface area contributed by atoms with Crippen molar-refractivity contribution >= 4 is 28.2 Å². The lowest BCUT2D eigenvalue weighted by Gasteiger charge is -2.34. The summed E-state index contributed by atoms with van der Waals surface area (Å²) in [6.07, 6.45) is 1.45. The molecule has 0 radical (unpaired) electrons. The predicted octanol–water partition coefficient (Wildman–Crippen LogP) is 3.45. The van der Waals surface area contributed by atoms with Crippen molar-refractivity contribution in [1.82, 2.24) is 15.1 Å². The summed E-state index contributed by atoms with van der Waals surface area (Å²) < 4.78 is 5.10. The summed E-state index contributed by atoms with van der Waals surface area (Å²) in [6, 6.07) is 15.6. The van der Waals surface area contributed by atoms with Crippen LogP contribution in [-0.4, -0.2) is 60.9 Å². The number of nitrogens with zero attached hydrogens (tertiary/aromatic N) is 2. The second-order valence-corrected chi connectivity index (χ2v) is 8.97. The number of anilines is 1. The van der Waals surface area contributed by atoms with Crippen molar-refractivity contribution in [3.05, 3.63) is 76.6 Å². The summed E-state index contributed by atoms with van der Waals surface area (Å²) in [5.74, 6) is -0.186. The van der Waals surface area contributed by atoms with Gasteiger partial charge in [-0.1, -0.05) is 30.3 Å². The van der Waals surface area contributed by atoms with E-state index in [2.05, 4.69) is 44.7 Å². The zero-order valence-corrected chi connectivity index (χ0v) is 19.0. The third kappa shape index (κ3) is 5.85. The minimum atomic E-state index is -0.324. The summed E-state index contributed by atoms with van der Waals surface area (Å²) in [5.41, 5.74) is 2.19. The van der Waals surface area contributed by atoms with Gasteiger partial charge in [-0.15, -0.1) is 11.3 Å². The molecule has 3 aromatic rings. The van der Waals surface area contributed by atoms with Gasteiger partial charge in [-0.05, 0) is 36.2 Å². The number of thiophene rings is 1. The molecule has 1 aliphatic rings. The standard InChI is InChI=1S/C24H28N4O3S/c1-18-16-21(26-23(29)20-8-5-15-31-20)32-22(18)24(30)25-9-10-27-11-13-28(14-12-27)17-19-6-3-2-4-7-19/h2-8,15-16H,9-14,17H2,1H3,(H,25,30)(H,26,29). The zero-order chi connectivity index (χ0) is 22.3. The van der Waals surface area contributed by atoms with Crippen molar-refractivity contribution in [2.24, 2.45) is 0 Å². The molecule has 8 heteroatoms. The van der Waals surface area contributed by atoms with Crippen LogP contribution in [0.2, 0.25) is 0 Å². The van der Waals surface area contributed by atoms with Gasteiger partial charge in [0, 0.05) is 45.8 Å². The van der Waals surface area contributed by atoms with Crippen LogP contribution in [0.25, 0.3) is 0 Å². The van der Waals surface area contributed by atoms with Crippen molar-refractivity contribution in [2.75, 3.05) is 44.6 Å². The van der Waals surface area contributed by atoms with Gasteiger partial charge in [0.2, 0.25) is 0 Å². The first-order valence-electron chi connectivity index (χ1n) is 10.8. The van der Waals surface area contributed by atoms with E-state index in [0.717, 1.165) is 44.8 Å². The average molecular weight is 453 g/mol. The number of rotatable bonds is 8. The first-order valence-corrected chi connectivity index (χ1v) is 11.6. The molecule has 3 heterocycles. The van der Waals surface area contributed by atoms with E-state index in [1.807, 2.05) is 19.1 Å². The summed E-state index contributed by atoms with van der Waals surface area (Å²) in [4.78, 5) is 30.2. The Morgan fingerprint density at radius 1 is 1.00 bits per heavy atom. The Balaban J connectivity index is 1.19. The molecule has 1 aromatic carbocycles. The van der Waals surface area contributed by atoms with Crippen LogP contribution < -0.4 is 10.6 Å². The molecule has 2 N–H and O–H groups in total. The lowest BCUT2D eigenvalue weighted by atomic mass is 10.2. The highest BCUT2D eigenvalue weighted by molar-refractivity contribution is 7.18. The van der Waals surface area contributed by atoms with Crippen LogP contribution in [0.4, 0.5) is 5.00 Å². The van der Waals surface area contributed by atoms with Gasteiger partial charge >= 0.3 is 0 Å². The number of nitrogens with one attached hydrogen (secondary N) is 2. The normalized spacial score (nSPS) is 14.9. The van der Waals surface area contributed by atoms with Crippen LogP contribution in [0, 0.1) is 6.92 Å². The third-order valence-corrected chi connectivity index (χ3v) is 6.68. The average Bonchev–Trinajstić information content (AvgIpc) is 3.46. The molecule has 1 fully saturated rings. The highest BCUT2D eigenvalue weighted by atomic mass is 32.1. The minimum absolute atomic E-state index is 0.103. The van der Waals surface area contributed by atoms with Crippen molar-refractivity contribution < 1.29 is 14.0 Å². The number of hydrogen-bond acceptors (Lipinski definition) is 6. The molecule has 0 atom stereocenters. The molecule has 0 aliphatic carbocycles. The Bertz CT molecular complexity index is 1020. The van der Waals surface area contributed by atoms with Gasteiger partial charge in [0.25, 0.3) is 11.8 Å². The fourth-order valence-electron chi connectivity index (χ4n) is 3.77. The van der Waals surface area contributed by atoms with Gasteiger partial charge in [0.1, 0.15) is 0 Å². The van der Waals surface area contributed by atoms with Crippen LogP contribution in [0.5, 0.6) is 0 Å². The lowest BCUT2D eigenvalue weighted by molar-refractivity contribution is 0.0936. The Morgan fingerprint density at radius 2 is 1.75 bits per heavy atom. The number of benzene rings is 1. The van der Waals surface area contributed by atoms with Gasteiger partial charge in [-0.3, -0.25) is 19.4 Å². The fourth-order valence-corrected chi connectivity index (χ4v) is 4.75. The zero-order valence-electron chi connectivity index (χ0n) is 18.2. The molecule has 0 unspecified atom stereocenters. The van der Waals surface area contributed by atoms with E-state index in [0.29, 0.717) is 16.4 Å². The molecule has 1 saturated heterocycles. The summed E-state index contributed by atoms with van der Waals surface area (Å²) >= 11 is 1.27. The number of carbonyl (C=O) groups excluding carboxylic acids is 2. The molecule has 1 aliphatic heterocycles. The van der Waals surface area contributed by atoms with E-state index in [-0.39, 0.29) is 17.6 Å². The molecule has 7 nitrogen and oxygen atoms in total. The van der Waals surface area contributed by atoms with Crippen molar-refractivity contribution in [2.45, 2.75) is 13.5 Å². The molecular weight excluding hydrogens is 424 g/mol. The van der Waals surface area contributed by atoms with E-state index in [1.54, 1.807) is 12.1 Å². The van der Waals surface area contributed by atoms with E-state index in [1.165, 1.54) is 23.2 Å². The van der Waals surface area contributed by atoms with Gasteiger partial charge < -0.3 is 15.1 Å². The predicted molar refractivity (Wildman–Crippen MR) is 126 cm³/mol. The van der Waals surface area contributed by atoms with Crippen LogP contribution in [0.15, 0.2) is 59.2 Å². The minimum Gasteiger partial charge on any atom is -0.459 e. The summed E-state index contributed by atoms with van der Waals surface area (Å²) in [5, 5.41) is 6.43. The Kier molecular flexibility index (Phi) is 7.36. The maximum absolute atomic E-state index is 12.6. The number of furan rings is 1. The first kappa shape index (κ1) is 22.3. The smallest absolute Gasteiger partial charge is 0.291 e. The Hall–Kier alpha value is -2.94. The quantitative estimate of drug-likeness (QED) is 0.547. The molecule has 32 heavy (non-hydrogen) atoms. The molecule has 2 aromatic heterocycles. The summed E-state index contributed by atoms with van der Waals surface area (Å²) in [6.45, 7) is 8.37. The van der Waals surface area contributed by atoms with Crippen molar-refractivity contribution in [1.29, 1.82) is 0 Å². The highest BCUT2D eigenvalue weighted by Crippen LogP contribution is 2.27. The van der Waals surface area contributed by atoms with E-state index >= 15 is 0 Å². The SMILES string of the molecule is Cc1cc(NC(=O)c2ccco2)sc1C(=O)NCCN1CCN(Cc2ccccc2)CC1. The highest BCUT2D eigenvalue weighted by Gasteiger charge is 2.19. The second kappa shape index (κ2) is 10.6. The van der Waals surface area contributed by atoms with Gasteiger partial charge in [0.15, 0.2) is 5.76 Å². The second-order valence-electron chi connectivity index (χ2n) is 7.91. The van der Waals surface area contributed by atoms with Crippen molar-refractivity contribution in [3.63, 3.8) is 0 Å². The molecule has 0 spiro atoms. The van der Waals surface area contributed by atoms with Gasteiger partial charge in [-0.2, -0.15) is 0 Å². The van der Waals surface area contributed by atoms with Gasteiger partial charge in [0.05, 0.1) is 16.1 Å². The summed E-state index contributed by atoms with van der Waals surface area (Å²) in [7, 11) is 0. The molecule has 0 saturated carbocycles. The lowest BCUT2D eigenvalue weighted by Crippen LogP contribution is -2.48. The van der Waals surface area contributed by atoms with Crippen LogP contribution in [0.1, 0.15) is 31.4 Å². The molecular formula is C24H28N4O3S. The van der Waals surface area contributed by atoms with Crippen molar-refractivity contribution in [3.8, 4) is 0 Å². The van der Waals surface area contributed by atoms with Crippen LogP contribution in [-0.2, 0) is 6.54 Å². The number of aryl methyl sites for hydroxylation is 1. The molecule has 0 bridgehead atoms. The maximum atomic E-state index is 12.6. The number of hydrogen-bond donors (Lipinski definition) is 2. The molecule has 2 amide bonds. The van der Waals surface area contributed by atoms with E-state index in [4.69, 9.17) is 4.42 Å². The van der Waals surface area contributed by atoms with Crippen LogP contribution in [0.3, 0.4) is 0 Å². The number of carbonyl (C=O) groups is 2. The monoisotopic (exact) mass is 452 g/mol.